The summed E-state index contributed by atoms with van der Waals surface area (Å²) in [5.41, 5.74) is 0.330. The lowest BCUT2D eigenvalue weighted by Gasteiger charge is -2.11. The van der Waals surface area contributed by atoms with Gasteiger partial charge in [-0.15, -0.1) is 0 Å². The van der Waals surface area contributed by atoms with Gasteiger partial charge in [0.05, 0.1) is 12.2 Å². The Kier molecular flexibility index (Phi) is 4.53. The summed E-state index contributed by atoms with van der Waals surface area (Å²) in [4.78, 5) is 11.9. The fourth-order valence-corrected chi connectivity index (χ4v) is 1.85. The Morgan fingerprint density at radius 1 is 1.35 bits per heavy atom. The number of carbonyl (C=O) groups is 1. The molecular weight excluding hydrogens is 261 g/mol. The average Bonchev–Trinajstić information content (AvgIpc) is 2.89. The molecule has 5 heteroatoms. The number of rotatable bonds is 5. The maximum atomic E-state index is 13.6. The molecule has 1 atom stereocenters. The smallest absolute Gasteiger partial charge is 0.287 e. The Labute approximate surface area is 116 Å². The highest BCUT2D eigenvalue weighted by Gasteiger charge is 2.15. The van der Waals surface area contributed by atoms with Crippen molar-refractivity contribution < 1.29 is 18.3 Å². The highest BCUT2D eigenvalue weighted by atomic mass is 19.1. The second-order valence-corrected chi connectivity index (χ2v) is 4.47. The van der Waals surface area contributed by atoms with E-state index < -0.39 is 0 Å². The second kappa shape index (κ2) is 6.34. The van der Waals surface area contributed by atoms with Crippen LogP contribution in [0.3, 0.4) is 0 Å². The number of hydrogen-bond donors (Lipinski definition) is 1. The molecule has 0 saturated carbocycles. The van der Waals surface area contributed by atoms with E-state index in [-0.39, 0.29) is 23.5 Å². The van der Waals surface area contributed by atoms with Gasteiger partial charge in [0, 0.05) is 13.2 Å². The summed E-state index contributed by atoms with van der Waals surface area (Å²) in [6.45, 7) is 2.23. The summed E-state index contributed by atoms with van der Waals surface area (Å²) in [6.07, 6.45) is 0. The molecule has 1 unspecified atom stereocenters. The van der Waals surface area contributed by atoms with E-state index in [1.807, 2.05) is 6.92 Å². The molecule has 0 fully saturated rings. The number of amides is 1. The molecule has 1 aromatic heterocycles. The predicted molar refractivity (Wildman–Crippen MR) is 72.9 cm³/mol. The Morgan fingerprint density at radius 2 is 2.10 bits per heavy atom. The second-order valence-electron chi connectivity index (χ2n) is 4.47. The molecule has 1 N–H and O–H groups in total. The van der Waals surface area contributed by atoms with Crippen LogP contribution in [0.5, 0.6) is 0 Å². The van der Waals surface area contributed by atoms with Crippen molar-refractivity contribution in [3.63, 3.8) is 0 Å². The van der Waals surface area contributed by atoms with E-state index in [9.17, 15) is 9.18 Å². The van der Waals surface area contributed by atoms with Crippen LogP contribution in [-0.4, -0.2) is 25.7 Å². The number of halogens is 1. The molecule has 4 nitrogen and oxygen atoms in total. The summed E-state index contributed by atoms with van der Waals surface area (Å²) >= 11 is 0. The van der Waals surface area contributed by atoms with Crippen LogP contribution in [0.1, 0.15) is 17.5 Å². The van der Waals surface area contributed by atoms with Gasteiger partial charge in [0.1, 0.15) is 11.6 Å². The Bertz CT molecular complexity index is 594. The molecule has 20 heavy (non-hydrogen) atoms. The molecule has 0 radical (unpaired) electrons. The largest absolute Gasteiger partial charge is 0.451 e. The highest BCUT2D eigenvalue weighted by molar-refractivity contribution is 5.92. The van der Waals surface area contributed by atoms with Gasteiger partial charge in [-0.05, 0) is 31.2 Å². The van der Waals surface area contributed by atoms with Gasteiger partial charge in [0.2, 0.25) is 0 Å². The van der Waals surface area contributed by atoms with Crippen molar-refractivity contribution in [2.45, 2.75) is 13.0 Å². The van der Waals surface area contributed by atoms with Crippen LogP contribution in [0.2, 0.25) is 0 Å². The van der Waals surface area contributed by atoms with Gasteiger partial charge in [-0.25, -0.2) is 4.39 Å². The molecule has 0 aliphatic rings. The van der Waals surface area contributed by atoms with Crippen molar-refractivity contribution in [2.75, 3.05) is 13.7 Å². The minimum absolute atomic E-state index is 0.130. The van der Waals surface area contributed by atoms with Crippen LogP contribution in [0, 0.1) is 5.82 Å². The molecule has 2 rings (SSSR count). The Hall–Kier alpha value is -2.14. The molecule has 0 bridgehead atoms. The van der Waals surface area contributed by atoms with E-state index in [0.29, 0.717) is 17.9 Å². The van der Waals surface area contributed by atoms with Crippen molar-refractivity contribution in [1.82, 2.24) is 5.32 Å². The number of carbonyl (C=O) groups excluding carboxylic acids is 1. The topological polar surface area (TPSA) is 51.5 Å². The van der Waals surface area contributed by atoms with Crippen LogP contribution in [0.4, 0.5) is 4.39 Å². The maximum Gasteiger partial charge on any atom is 0.287 e. The lowest BCUT2D eigenvalue weighted by atomic mass is 10.1. The van der Waals surface area contributed by atoms with E-state index in [1.165, 1.54) is 12.1 Å². The minimum atomic E-state index is -0.387. The summed E-state index contributed by atoms with van der Waals surface area (Å²) in [5, 5.41) is 2.73. The van der Waals surface area contributed by atoms with Gasteiger partial charge >= 0.3 is 0 Å². The number of nitrogens with one attached hydrogen (secondary N) is 1. The van der Waals surface area contributed by atoms with Crippen molar-refractivity contribution in [2.24, 2.45) is 0 Å². The molecule has 0 spiro atoms. The summed E-state index contributed by atoms with van der Waals surface area (Å²) < 4.78 is 24.0. The zero-order valence-corrected chi connectivity index (χ0v) is 11.4. The van der Waals surface area contributed by atoms with E-state index >= 15 is 0 Å². The van der Waals surface area contributed by atoms with Gasteiger partial charge in [0.15, 0.2) is 5.76 Å². The summed E-state index contributed by atoms with van der Waals surface area (Å²) in [6, 6.07) is 9.23. The van der Waals surface area contributed by atoms with Gasteiger partial charge in [-0.3, -0.25) is 4.79 Å². The molecule has 1 amide bonds. The van der Waals surface area contributed by atoms with Gasteiger partial charge < -0.3 is 14.5 Å². The van der Waals surface area contributed by atoms with E-state index in [0.717, 1.165) is 0 Å². The maximum absolute atomic E-state index is 13.6. The molecule has 1 heterocycles. The first-order chi connectivity index (χ1) is 9.61. The molecule has 0 aliphatic heterocycles. The van der Waals surface area contributed by atoms with Crippen LogP contribution in [0.25, 0.3) is 11.3 Å². The molecule has 0 aliphatic carbocycles. The third-order valence-electron chi connectivity index (χ3n) is 2.76. The van der Waals surface area contributed by atoms with E-state index in [1.54, 1.807) is 31.4 Å². The monoisotopic (exact) mass is 277 g/mol. The third kappa shape index (κ3) is 3.24. The lowest BCUT2D eigenvalue weighted by molar-refractivity contribution is 0.0879. The normalized spacial score (nSPS) is 12.2. The van der Waals surface area contributed by atoms with Gasteiger partial charge in [-0.2, -0.15) is 0 Å². The first-order valence-electron chi connectivity index (χ1n) is 6.26. The number of furan rings is 1. The van der Waals surface area contributed by atoms with Gasteiger partial charge in [-0.1, -0.05) is 12.1 Å². The van der Waals surface area contributed by atoms with Crippen LogP contribution >= 0.6 is 0 Å². The summed E-state index contributed by atoms with van der Waals surface area (Å²) in [7, 11) is 1.56. The van der Waals surface area contributed by atoms with Crippen LogP contribution in [0.15, 0.2) is 40.8 Å². The van der Waals surface area contributed by atoms with Crippen LogP contribution in [-0.2, 0) is 4.74 Å². The Morgan fingerprint density at radius 3 is 2.80 bits per heavy atom. The van der Waals surface area contributed by atoms with E-state index in [4.69, 9.17) is 9.15 Å². The lowest BCUT2D eigenvalue weighted by Crippen LogP contribution is -2.35. The van der Waals surface area contributed by atoms with Gasteiger partial charge in [0.25, 0.3) is 5.91 Å². The summed E-state index contributed by atoms with van der Waals surface area (Å²) in [5.74, 6) is -0.266. The van der Waals surface area contributed by atoms with Crippen LogP contribution < -0.4 is 5.32 Å². The molecular formula is C15H16FNO3. The minimum Gasteiger partial charge on any atom is -0.451 e. The third-order valence-corrected chi connectivity index (χ3v) is 2.76. The first-order valence-corrected chi connectivity index (χ1v) is 6.26. The zero-order chi connectivity index (χ0) is 14.5. The fraction of sp³-hybridized carbons (Fsp3) is 0.267. The molecule has 106 valence electrons. The number of methoxy groups -OCH3 is 1. The quantitative estimate of drug-likeness (QED) is 0.914. The van der Waals surface area contributed by atoms with Crippen molar-refractivity contribution in [3.05, 3.63) is 48.0 Å². The number of hydrogen-bond acceptors (Lipinski definition) is 3. The van der Waals surface area contributed by atoms with Crippen molar-refractivity contribution in [3.8, 4) is 11.3 Å². The van der Waals surface area contributed by atoms with E-state index in [2.05, 4.69) is 5.32 Å². The van der Waals surface area contributed by atoms with Crippen molar-refractivity contribution in [1.29, 1.82) is 0 Å². The standard InChI is InChI=1S/C15H16FNO3/c1-10(9-19-2)17-15(18)14-8-7-13(20-14)11-5-3-4-6-12(11)16/h3-8,10H,9H2,1-2H3,(H,17,18). The number of benzene rings is 1. The predicted octanol–water partition coefficient (Wildman–Crippen LogP) is 2.85. The average molecular weight is 277 g/mol. The Balaban J connectivity index is 2.13. The van der Waals surface area contributed by atoms with Crippen molar-refractivity contribution >= 4 is 5.91 Å². The number of ether oxygens (including phenoxy) is 1. The fourth-order valence-electron chi connectivity index (χ4n) is 1.85. The molecule has 0 saturated heterocycles. The zero-order valence-electron chi connectivity index (χ0n) is 11.4. The highest BCUT2D eigenvalue weighted by Crippen LogP contribution is 2.24. The molecule has 1 aromatic carbocycles. The SMILES string of the molecule is COCC(C)NC(=O)c1ccc(-c2ccccc2F)o1. The first kappa shape index (κ1) is 14.3. The molecule has 2 aromatic rings.